The summed E-state index contributed by atoms with van der Waals surface area (Å²) in [7, 11) is 0. The summed E-state index contributed by atoms with van der Waals surface area (Å²) in [5.41, 5.74) is 2.85. The van der Waals surface area contributed by atoms with E-state index in [9.17, 15) is 4.79 Å². The van der Waals surface area contributed by atoms with Gasteiger partial charge in [0.15, 0.2) is 11.7 Å². The van der Waals surface area contributed by atoms with Gasteiger partial charge in [-0.25, -0.2) is 0 Å². The number of amides is 1. The zero-order valence-corrected chi connectivity index (χ0v) is 15.9. The molecule has 8 heteroatoms. The Balaban J connectivity index is 1.44. The van der Waals surface area contributed by atoms with E-state index in [-0.39, 0.29) is 18.0 Å². The topological polar surface area (TPSA) is 99.4 Å². The number of amidine groups is 1. The van der Waals surface area contributed by atoms with Crippen LogP contribution in [0.2, 0.25) is 0 Å². The van der Waals surface area contributed by atoms with E-state index >= 15 is 0 Å². The van der Waals surface area contributed by atoms with Crippen LogP contribution in [0.5, 0.6) is 0 Å². The first-order chi connectivity index (χ1) is 13.6. The van der Waals surface area contributed by atoms with Gasteiger partial charge in [-0.2, -0.15) is 4.98 Å². The van der Waals surface area contributed by atoms with Crippen LogP contribution < -0.4 is 5.32 Å². The maximum absolute atomic E-state index is 12.6. The first-order valence-electron chi connectivity index (χ1n) is 9.65. The van der Waals surface area contributed by atoms with Gasteiger partial charge in [0.05, 0.1) is 12.1 Å². The van der Waals surface area contributed by atoms with Gasteiger partial charge in [-0.05, 0) is 50.5 Å². The standard InChI is InChI=1S/C20H22N6O2/c1-11-17(24-18(21-11)20(27)26-7-3-4-8-26)13-5-6-15-14(9-13)10-16(23-15)19-22-12(2)25-28-19/h5-6,9-11,17,23H,3-4,7-8H2,1-2H3,(H,21,24). The highest BCUT2D eigenvalue weighted by molar-refractivity contribution is 6.38. The van der Waals surface area contributed by atoms with Crippen molar-refractivity contribution in [2.24, 2.45) is 4.99 Å². The van der Waals surface area contributed by atoms with Crippen molar-refractivity contribution in [2.45, 2.75) is 38.8 Å². The van der Waals surface area contributed by atoms with Crippen molar-refractivity contribution >= 4 is 22.6 Å². The number of aryl methyl sites for hydroxylation is 1. The molecule has 1 saturated heterocycles. The third-order valence-electron chi connectivity index (χ3n) is 5.45. The largest absolute Gasteiger partial charge is 0.361 e. The lowest BCUT2D eigenvalue weighted by Crippen LogP contribution is -2.41. The molecular weight excluding hydrogens is 356 g/mol. The predicted octanol–water partition coefficient (Wildman–Crippen LogP) is 2.58. The highest BCUT2D eigenvalue weighted by Gasteiger charge is 2.32. The number of benzene rings is 1. The minimum Gasteiger partial charge on any atom is -0.361 e. The molecule has 8 nitrogen and oxygen atoms in total. The van der Waals surface area contributed by atoms with E-state index in [1.165, 1.54) is 0 Å². The molecule has 0 aliphatic carbocycles. The SMILES string of the molecule is Cc1noc(-c2cc3cc(C4N=C(C(=O)N5CCCC5)NC4C)ccc3[nH]2)n1. The summed E-state index contributed by atoms with van der Waals surface area (Å²) in [6.07, 6.45) is 2.15. The summed E-state index contributed by atoms with van der Waals surface area (Å²) in [4.78, 5) is 26.8. The number of nitrogens with one attached hydrogen (secondary N) is 2. The molecule has 0 spiro atoms. The second-order valence-electron chi connectivity index (χ2n) is 7.53. The van der Waals surface area contributed by atoms with Crippen molar-refractivity contribution < 1.29 is 9.32 Å². The lowest BCUT2D eigenvalue weighted by Gasteiger charge is -2.16. The molecule has 28 heavy (non-hydrogen) atoms. The van der Waals surface area contributed by atoms with Gasteiger partial charge >= 0.3 is 0 Å². The molecule has 1 fully saturated rings. The van der Waals surface area contributed by atoms with Crippen molar-refractivity contribution in [1.82, 2.24) is 25.3 Å². The zero-order valence-electron chi connectivity index (χ0n) is 15.9. The number of hydrogen-bond acceptors (Lipinski definition) is 6. The molecule has 0 saturated carbocycles. The Hall–Kier alpha value is -3.16. The molecule has 2 atom stereocenters. The Labute approximate surface area is 162 Å². The van der Waals surface area contributed by atoms with Gasteiger partial charge in [0.25, 0.3) is 11.8 Å². The van der Waals surface area contributed by atoms with Crippen LogP contribution in [0.4, 0.5) is 0 Å². The minimum absolute atomic E-state index is 0.0172. The first-order valence-corrected chi connectivity index (χ1v) is 9.65. The second kappa shape index (κ2) is 6.47. The number of likely N-dealkylation sites (tertiary alicyclic amines) is 1. The molecule has 0 bridgehead atoms. The third kappa shape index (κ3) is 2.85. The lowest BCUT2D eigenvalue weighted by molar-refractivity contribution is -0.123. The summed E-state index contributed by atoms with van der Waals surface area (Å²) in [6, 6.07) is 8.16. The summed E-state index contributed by atoms with van der Waals surface area (Å²) < 4.78 is 5.25. The molecule has 0 radical (unpaired) electrons. The predicted molar refractivity (Wildman–Crippen MR) is 105 cm³/mol. The Morgan fingerprint density at radius 1 is 1.25 bits per heavy atom. The van der Waals surface area contributed by atoms with Crippen LogP contribution >= 0.6 is 0 Å². The van der Waals surface area contributed by atoms with Crippen LogP contribution in [0.1, 0.15) is 37.2 Å². The van der Waals surface area contributed by atoms with E-state index in [0.717, 1.165) is 48.1 Å². The molecule has 1 aromatic carbocycles. The second-order valence-corrected chi connectivity index (χ2v) is 7.53. The number of nitrogens with zero attached hydrogens (tertiary/aromatic N) is 4. The van der Waals surface area contributed by atoms with Crippen LogP contribution in [0, 0.1) is 6.92 Å². The molecule has 2 unspecified atom stereocenters. The van der Waals surface area contributed by atoms with Gasteiger partial charge in [-0.15, -0.1) is 0 Å². The minimum atomic E-state index is -0.0880. The molecule has 2 N–H and O–H groups in total. The molecule has 4 heterocycles. The van der Waals surface area contributed by atoms with Crippen molar-refractivity contribution in [3.05, 3.63) is 35.7 Å². The highest BCUT2D eigenvalue weighted by Crippen LogP contribution is 2.30. The normalized spacial score (nSPS) is 21.9. The molecule has 2 aliphatic rings. The van der Waals surface area contributed by atoms with Gasteiger partial charge in [-0.3, -0.25) is 9.79 Å². The third-order valence-corrected chi connectivity index (χ3v) is 5.45. The van der Waals surface area contributed by atoms with Crippen molar-refractivity contribution in [2.75, 3.05) is 13.1 Å². The Morgan fingerprint density at radius 3 is 2.82 bits per heavy atom. The maximum Gasteiger partial charge on any atom is 0.288 e. The van der Waals surface area contributed by atoms with Crippen LogP contribution in [-0.4, -0.2) is 50.9 Å². The molecule has 144 valence electrons. The number of aromatic amines is 1. The Morgan fingerprint density at radius 2 is 2.07 bits per heavy atom. The van der Waals surface area contributed by atoms with E-state index in [0.29, 0.717) is 17.6 Å². The molecular formula is C20H22N6O2. The molecule has 2 aliphatic heterocycles. The summed E-state index contributed by atoms with van der Waals surface area (Å²) in [5, 5.41) is 8.17. The van der Waals surface area contributed by atoms with Gasteiger partial charge in [0, 0.05) is 24.0 Å². The molecule has 3 aromatic rings. The van der Waals surface area contributed by atoms with Crippen LogP contribution in [0.15, 0.2) is 33.8 Å². The Kier molecular flexibility index (Phi) is 3.92. The number of fused-ring (bicyclic) bond motifs is 1. The number of H-pyrrole nitrogens is 1. The smallest absolute Gasteiger partial charge is 0.288 e. The summed E-state index contributed by atoms with van der Waals surface area (Å²) in [6.45, 7) is 5.51. The van der Waals surface area contributed by atoms with Gasteiger partial charge in [0.1, 0.15) is 5.69 Å². The van der Waals surface area contributed by atoms with Gasteiger partial charge < -0.3 is 19.7 Å². The lowest BCUT2D eigenvalue weighted by atomic mass is 10.0. The van der Waals surface area contributed by atoms with Crippen LogP contribution in [0.25, 0.3) is 22.5 Å². The van der Waals surface area contributed by atoms with E-state index < -0.39 is 0 Å². The van der Waals surface area contributed by atoms with Crippen molar-refractivity contribution in [3.8, 4) is 11.6 Å². The van der Waals surface area contributed by atoms with Crippen LogP contribution in [0.3, 0.4) is 0 Å². The first kappa shape index (κ1) is 17.0. The quantitative estimate of drug-likeness (QED) is 0.730. The van der Waals surface area contributed by atoms with E-state index in [1.807, 2.05) is 17.0 Å². The zero-order chi connectivity index (χ0) is 19.3. The summed E-state index contributed by atoms with van der Waals surface area (Å²) in [5.74, 6) is 1.58. The fourth-order valence-corrected chi connectivity index (χ4v) is 3.99. The van der Waals surface area contributed by atoms with Crippen molar-refractivity contribution in [1.29, 1.82) is 0 Å². The Bertz CT molecular complexity index is 1080. The molecule has 1 amide bonds. The van der Waals surface area contributed by atoms with Gasteiger partial charge in [0.2, 0.25) is 0 Å². The fourth-order valence-electron chi connectivity index (χ4n) is 3.99. The summed E-state index contributed by atoms with van der Waals surface area (Å²) >= 11 is 0. The highest BCUT2D eigenvalue weighted by atomic mass is 16.5. The van der Waals surface area contributed by atoms with Crippen molar-refractivity contribution in [3.63, 3.8) is 0 Å². The average molecular weight is 378 g/mol. The average Bonchev–Trinajstić information content (AvgIpc) is 3.46. The van der Waals surface area contributed by atoms with E-state index in [4.69, 9.17) is 9.52 Å². The number of carbonyl (C=O) groups excluding carboxylic acids is 1. The van der Waals surface area contributed by atoms with Gasteiger partial charge in [-0.1, -0.05) is 11.2 Å². The number of aromatic nitrogens is 3. The maximum atomic E-state index is 12.6. The fraction of sp³-hybridized carbons (Fsp3) is 0.400. The number of rotatable bonds is 3. The molecule has 2 aromatic heterocycles. The number of carbonyl (C=O) groups is 1. The number of hydrogen-bond donors (Lipinski definition) is 2. The monoisotopic (exact) mass is 378 g/mol. The van der Waals surface area contributed by atoms with Crippen LogP contribution in [-0.2, 0) is 4.79 Å². The number of aliphatic imine (C=N–C) groups is 1. The van der Waals surface area contributed by atoms with E-state index in [1.54, 1.807) is 6.92 Å². The van der Waals surface area contributed by atoms with E-state index in [2.05, 4.69) is 39.5 Å². The molecule has 5 rings (SSSR count).